The van der Waals surface area contributed by atoms with E-state index in [9.17, 15) is 18.0 Å². The molecule has 0 aromatic heterocycles. The monoisotopic (exact) mass is 443 g/mol. The summed E-state index contributed by atoms with van der Waals surface area (Å²) in [4.78, 5) is 28.2. The molecule has 1 fully saturated rings. The van der Waals surface area contributed by atoms with E-state index < -0.39 is 15.1 Å². The van der Waals surface area contributed by atoms with Crippen LogP contribution in [0, 0.1) is 0 Å². The van der Waals surface area contributed by atoms with Crippen LogP contribution in [0.4, 0.5) is 11.4 Å². The van der Waals surface area contributed by atoms with Crippen LogP contribution in [0.2, 0.25) is 0 Å². The van der Waals surface area contributed by atoms with Crippen molar-refractivity contribution in [3.05, 3.63) is 48.5 Å². The fourth-order valence-corrected chi connectivity index (χ4v) is 5.16. The van der Waals surface area contributed by atoms with E-state index in [-0.39, 0.29) is 29.7 Å². The first-order valence-electron chi connectivity index (χ1n) is 10.2. The first-order chi connectivity index (χ1) is 14.8. The maximum absolute atomic E-state index is 13.0. The number of para-hydroxylation sites is 1. The number of amides is 2. The molecule has 2 aromatic carbocycles. The minimum Gasteiger partial charge on any atom is -0.482 e. The van der Waals surface area contributed by atoms with Crippen LogP contribution in [-0.4, -0.2) is 63.2 Å². The summed E-state index contributed by atoms with van der Waals surface area (Å²) in [6, 6.07) is 14.4. The summed E-state index contributed by atoms with van der Waals surface area (Å²) in [5.74, 6) is -0.129. The number of sulfone groups is 1. The highest BCUT2D eigenvalue weighted by Gasteiger charge is 2.30. The van der Waals surface area contributed by atoms with Crippen LogP contribution < -0.4 is 15.0 Å². The van der Waals surface area contributed by atoms with Gasteiger partial charge in [-0.15, -0.1) is 0 Å². The Hall–Kier alpha value is -3.07. The van der Waals surface area contributed by atoms with Crippen LogP contribution in [0.5, 0.6) is 5.75 Å². The third-order valence-corrected chi connectivity index (χ3v) is 7.80. The molecule has 31 heavy (non-hydrogen) atoms. The van der Waals surface area contributed by atoms with Gasteiger partial charge in [-0.25, -0.2) is 8.42 Å². The summed E-state index contributed by atoms with van der Waals surface area (Å²) in [5.41, 5.74) is 1.56. The molecule has 1 unspecified atom stereocenters. The first-order valence-corrected chi connectivity index (χ1v) is 11.8. The van der Waals surface area contributed by atoms with Crippen molar-refractivity contribution in [2.45, 2.75) is 23.5 Å². The van der Waals surface area contributed by atoms with E-state index in [1.54, 1.807) is 11.8 Å². The van der Waals surface area contributed by atoms with Crippen LogP contribution >= 0.6 is 0 Å². The van der Waals surface area contributed by atoms with Gasteiger partial charge >= 0.3 is 0 Å². The lowest BCUT2D eigenvalue weighted by Gasteiger charge is -2.36. The molecule has 2 aliphatic heterocycles. The molecule has 1 saturated heterocycles. The number of piperazine rings is 1. The van der Waals surface area contributed by atoms with Gasteiger partial charge in [-0.3, -0.25) is 9.59 Å². The van der Waals surface area contributed by atoms with Crippen molar-refractivity contribution < 1.29 is 22.7 Å². The largest absolute Gasteiger partial charge is 0.482 e. The molecule has 0 aliphatic carbocycles. The zero-order chi connectivity index (χ0) is 22.0. The molecule has 2 heterocycles. The predicted molar refractivity (Wildman–Crippen MR) is 117 cm³/mol. The molecule has 2 aromatic rings. The van der Waals surface area contributed by atoms with Crippen molar-refractivity contribution in [2.24, 2.45) is 0 Å². The average Bonchev–Trinajstić information content (AvgIpc) is 2.79. The van der Waals surface area contributed by atoms with Crippen molar-refractivity contribution >= 4 is 33.0 Å². The van der Waals surface area contributed by atoms with Gasteiger partial charge < -0.3 is 19.9 Å². The number of hydrogen-bond acceptors (Lipinski definition) is 6. The number of nitrogens with one attached hydrogen (secondary N) is 1. The number of fused-ring (bicyclic) bond motifs is 1. The number of hydrogen-bond donors (Lipinski definition) is 1. The maximum Gasteiger partial charge on any atom is 0.262 e. The molecule has 1 atom stereocenters. The molecule has 164 valence electrons. The lowest BCUT2D eigenvalue weighted by atomic mass is 10.2. The summed E-state index contributed by atoms with van der Waals surface area (Å²) in [6.07, 6.45) is -0.0810. The van der Waals surface area contributed by atoms with Gasteiger partial charge in [0.1, 0.15) is 5.75 Å². The molecule has 2 aliphatic rings. The second-order valence-electron chi connectivity index (χ2n) is 7.76. The Kier molecular flexibility index (Phi) is 5.86. The number of carbonyl (C=O) groups excluding carboxylic acids is 2. The molecule has 9 heteroatoms. The highest BCUT2D eigenvalue weighted by Crippen LogP contribution is 2.32. The van der Waals surface area contributed by atoms with E-state index >= 15 is 0 Å². The van der Waals surface area contributed by atoms with Crippen molar-refractivity contribution in [1.29, 1.82) is 0 Å². The molecular formula is C22H25N3O5S. The highest BCUT2D eigenvalue weighted by atomic mass is 32.2. The fraction of sp³-hybridized carbons (Fsp3) is 0.364. The maximum atomic E-state index is 13.0. The Morgan fingerprint density at radius 1 is 1.10 bits per heavy atom. The SMILES string of the molecule is CC(CC(=O)N1CCN(c2ccccc2)CC1)S(=O)(=O)c1ccc2c(c1)OCC(=O)N2. The molecule has 8 nitrogen and oxygen atoms in total. The predicted octanol–water partition coefficient (Wildman–Crippen LogP) is 1.92. The lowest BCUT2D eigenvalue weighted by Crippen LogP contribution is -2.49. The van der Waals surface area contributed by atoms with Gasteiger partial charge in [0.2, 0.25) is 5.91 Å². The Morgan fingerprint density at radius 2 is 1.81 bits per heavy atom. The van der Waals surface area contributed by atoms with E-state index in [4.69, 9.17) is 4.74 Å². The van der Waals surface area contributed by atoms with E-state index in [1.165, 1.54) is 18.2 Å². The first kappa shape index (κ1) is 21.2. The normalized spacial score (nSPS) is 17.4. The second-order valence-corrected chi connectivity index (χ2v) is 10.1. The zero-order valence-corrected chi connectivity index (χ0v) is 18.1. The van der Waals surface area contributed by atoms with Crippen LogP contribution in [0.25, 0.3) is 0 Å². The van der Waals surface area contributed by atoms with E-state index in [0.717, 1.165) is 5.69 Å². The number of ether oxygens (including phenoxy) is 1. The third kappa shape index (κ3) is 4.51. The van der Waals surface area contributed by atoms with E-state index in [2.05, 4.69) is 10.2 Å². The van der Waals surface area contributed by atoms with Crippen molar-refractivity contribution in [3.63, 3.8) is 0 Å². The summed E-state index contributed by atoms with van der Waals surface area (Å²) in [5, 5.41) is 1.76. The molecule has 0 bridgehead atoms. The quantitative estimate of drug-likeness (QED) is 0.759. The Balaban J connectivity index is 1.38. The summed E-state index contributed by atoms with van der Waals surface area (Å²) >= 11 is 0. The summed E-state index contributed by atoms with van der Waals surface area (Å²) in [6.45, 7) is 3.95. The number of anilines is 2. The number of nitrogens with zero attached hydrogens (tertiary/aromatic N) is 2. The molecule has 2 amide bonds. The minimum absolute atomic E-state index is 0.0802. The minimum atomic E-state index is -3.72. The molecular weight excluding hydrogens is 418 g/mol. The Bertz CT molecular complexity index is 1080. The Labute approximate surface area is 181 Å². The Morgan fingerprint density at radius 3 is 2.52 bits per heavy atom. The number of carbonyl (C=O) groups is 2. The number of benzene rings is 2. The van der Waals surface area contributed by atoms with Crippen molar-refractivity contribution in [1.82, 2.24) is 4.90 Å². The van der Waals surface area contributed by atoms with Crippen molar-refractivity contribution in [3.8, 4) is 5.75 Å². The van der Waals surface area contributed by atoms with Gasteiger partial charge in [0.05, 0.1) is 15.8 Å². The van der Waals surface area contributed by atoms with Crippen LogP contribution in [0.3, 0.4) is 0 Å². The van der Waals surface area contributed by atoms with Gasteiger partial charge in [-0.05, 0) is 31.2 Å². The van der Waals surface area contributed by atoms with E-state index in [1.807, 2.05) is 30.3 Å². The van der Waals surface area contributed by atoms with Gasteiger partial charge in [-0.2, -0.15) is 0 Å². The van der Waals surface area contributed by atoms with Gasteiger partial charge in [-0.1, -0.05) is 18.2 Å². The molecule has 0 radical (unpaired) electrons. The van der Waals surface area contributed by atoms with Gasteiger partial charge in [0.15, 0.2) is 16.4 Å². The number of rotatable bonds is 5. The smallest absolute Gasteiger partial charge is 0.262 e. The third-order valence-electron chi connectivity index (χ3n) is 5.66. The fourth-order valence-electron chi connectivity index (χ4n) is 3.80. The topological polar surface area (TPSA) is 96.0 Å². The zero-order valence-electron chi connectivity index (χ0n) is 17.3. The molecule has 0 spiro atoms. The average molecular weight is 444 g/mol. The van der Waals surface area contributed by atoms with Gasteiger partial charge in [0, 0.05) is 44.4 Å². The van der Waals surface area contributed by atoms with E-state index in [0.29, 0.717) is 37.6 Å². The molecule has 4 rings (SSSR count). The highest BCUT2D eigenvalue weighted by molar-refractivity contribution is 7.92. The standard InChI is InChI=1S/C22H25N3O5S/c1-16(31(28,29)18-7-8-19-20(14-18)30-15-21(26)23-19)13-22(27)25-11-9-24(10-12-25)17-5-3-2-4-6-17/h2-8,14,16H,9-13,15H2,1H3,(H,23,26). The van der Waals surface area contributed by atoms with Crippen LogP contribution in [0.1, 0.15) is 13.3 Å². The van der Waals surface area contributed by atoms with Crippen LogP contribution in [-0.2, 0) is 19.4 Å². The van der Waals surface area contributed by atoms with Gasteiger partial charge in [0.25, 0.3) is 5.91 Å². The second kappa shape index (κ2) is 8.58. The lowest BCUT2D eigenvalue weighted by molar-refractivity contribution is -0.131. The summed E-state index contributed by atoms with van der Waals surface area (Å²) in [7, 11) is -3.72. The van der Waals surface area contributed by atoms with Crippen LogP contribution in [0.15, 0.2) is 53.4 Å². The molecule has 1 N–H and O–H groups in total. The molecule has 0 saturated carbocycles. The summed E-state index contributed by atoms with van der Waals surface area (Å²) < 4.78 is 31.3. The van der Waals surface area contributed by atoms with Crippen molar-refractivity contribution in [2.75, 3.05) is 43.0 Å².